The number of benzene rings is 4. The average Bonchev–Trinajstić information content (AvgIpc) is 3.86. The van der Waals surface area contributed by atoms with Crippen LogP contribution in [0.2, 0.25) is 5.02 Å². The number of carboxylic acid groups (broad SMARTS) is 1. The summed E-state index contributed by atoms with van der Waals surface area (Å²) in [6, 6.07) is 32.6. The molecule has 2 N–H and O–H groups in total. The molecule has 1 aliphatic carbocycles. The second kappa shape index (κ2) is 12.9. The predicted molar refractivity (Wildman–Crippen MR) is 173 cm³/mol. The fourth-order valence-corrected chi connectivity index (χ4v) is 7.34. The van der Waals surface area contributed by atoms with Gasteiger partial charge in [-0.2, -0.15) is 0 Å². The van der Waals surface area contributed by atoms with Crippen molar-refractivity contribution >= 4 is 38.5 Å². The fourth-order valence-electron chi connectivity index (χ4n) is 5.79. The fraction of sp³-hybridized carbons (Fsp3) is 0.229. The van der Waals surface area contributed by atoms with Gasteiger partial charge in [0.15, 0.2) is 0 Å². The first-order valence-corrected chi connectivity index (χ1v) is 16.6. The zero-order chi connectivity index (χ0) is 30.7. The standard InChI is InChI=1S/C35H33ClN2O5S/c36-27-13-18-32-31(23-27)30(20-22-43-28-14-11-26(12-15-28)35(39)40)33(19-21-37-44(41,42)29-16-17-29)38(32)34(24-7-3-1-4-8-24)25-9-5-2-6-10-25/h1-15,18,23,29,34,37H,16-17,19-22H2,(H,39,40). The molecule has 0 bridgehead atoms. The number of aromatic carboxylic acids is 1. The number of hydrogen-bond donors (Lipinski definition) is 2. The van der Waals surface area contributed by atoms with Gasteiger partial charge in [-0.3, -0.25) is 0 Å². The molecule has 6 rings (SSSR count). The van der Waals surface area contributed by atoms with Crippen LogP contribution in [0.4, 0.5) is 0 Å². The zero-order valence-corrected chi connectivity index (χ0v) is 25.6. The van der Waals surface area contributed by atoms with Gasteiger partial charge in [0.25, 0.3) is 0 Å². The number of carboxylic acids is 1. The van der Waals surface area contributed by atoms with Crippen molar-refractivity contribution in [3.05, 3.63) is 136 Å². The molecule has 226 valence electrons. The quantitative estimate of drug-likeness (QED) is 0.148. The lowest BCUT2D eigenvalue weighted by Crippen LogP contribution is -2.30. The molecule has 1 aromatic heterocycles. The number of aromatic nitrogens is 1. The van der Waals surface area contributed by atoms with E-state index in [1.807, 2.05) is 54.6 Å². The van der Waals surface area contributed by atoms with Crippen LogP contribution in [-0.2, 0) is 22.9 Å². The Labute approximate surface area is 262 Å². The van der Waals surface area contributed by atoms with E-state index in [2.05, 4.69) is 33.6 Å². The van der Waals surface area contributed by atoms with Crippen molar-refractivity contribution in [1.82, 2.24) is 9.29 Å². The van der Waals surface area contributed by atoms with Crippen molar-refractivity contribution < 1.29 is 23.1 Å². The van der Waals surface area contributed by atoms with E-state index in [0.29, 0.717) is 43.1 Å². The van der Waals surface area contributed by atoms with Gasteiger partial charge in [-0.1, -0.05) is 72.3 Å². The molecule has 9 heteroatoms. The van der Waals surface area contributed by atoms with E-state index in [0.717, 1.165) is 33.3 Å². The second-order valence-electron chi connectivity index (χ2n) is 11.0. The number of nitrogens with zero attached hydrogens (tertiary/aromatic N) is 1. The molecule has 1 saturated carbocycles. The number of sulfonamides is 1. The maximum atomic E-state index is 12.7. The summed E-state index contributed by atoms with van der Waals surface area (Å²) in [6.45, 7) is 0.601. The Morgan fingerprint density at radius 1 is 0.909 bits per heavy atom. The second-order valence-corrected chi connectivity index (χ2v) is 13.5. The molecule has 0 radical (unpaired) electrons. The largest absolute Gasteiger partial charge is 0.493 e. The van der Waals surface area contributed by atoms with Crippen LogP contribution in [0.15, 0.2) is 103 Å². The molecule has 5 aromatic rings. The minimum absolute atomic E-state index is 0.172. The van der Waals surface area contributed by atoms with Crippen LogP contribution < -0.4 is 9.46 Å². The van der Waals surface area contributed by atoms with Crippen molar-refractivity contribution in [3.63, 3.8) is 0 Å². The van der Waals surface area contributed by atoms with E-state index in [-0.39, 0.29) is 23.4 Å². The Bertz CT molecular complexity index is 1830. The SMILES string of the molecule is O=C(O)c1ccc(OCCc2c(CCNS(=O)(=O)C3CC3)n(C(c3ccccc3)c3ccccc3)c3ccc(Cl)cc23)cc1. The molecule has 1 heterocycles. The highest BCUT2D eigenvalue weighted by Crippen LogP contribution is 2.38. The highest BCUT2D eigenvalue weighted by atomic mass is 35.5. The molecular formula is C35H33ClN2O5S. The Morgan fingerprint density at radius 2 is 1.55 bits per heavy atom. The highest BCUT2D eigenvalue weighted by Gasteiger charge is 2.35. The third-order valence-electron chi connectivity index (χ3n) is 8.02. The molecule has 4 aromatic carbocycles. The lowest BCUT2D eigenvalue weighted by Gasteiger charge is -2.25. The third-order valence-corrected chi connectivity index (χ3v) is 10.2. The Morgan fingerprint density at radius 3 is 2.14 bits per heavy atom. The number of carbonyl (C=O) groups is 1. The number of nitrogens with one attached hydrogen (secondary N) is 1. The molecule has 7 nitrogen and oxygen atoms in total. The van der Waals surface area contributed by atoms with Crippen molar-refractivity contribution in [2.75, 3.05) is 13.2 Å². The number of fused-ring (bicyclic) bond motifs is 1. The van der Waals surface area contributed by atoms with Gasteiger partial charge < -0.3 is 14.4 Å². The molecule has 0 unspecified atom stereocenters. The predicted octanol–water partition coefficient (Wildman–Crippen LogP) is 6.88. The van der Waals surface area contributed by atoms with E-state index >= 15 is 0 Å². The van der Waals surface area contributed by atoms with E-state index in [4.69, 9.17) is 16.3 Å². The highest BCUT2D eigenvalue weighted by molar-refractivity contribution is 7.90. The van der Waals surface area contributed by atoms with E-state index in [1.54, 1.807) is 12.1 Å². The van der Waals surface area contributed by atoms with Gasteiger partial charge in [-0.05, 0) is 72.0 Å². The summed E-state index contributed by atoms with van der Waals surface area (Å²) in [5, 5.41) is 10.5. The molecule has 1 aliphatic rings. The van der Waals surface area contributed by atoms with E-state index in [9.17, 15) is 18.3 Å². The minimum Gasteiger partial charge on any atom is -0.493 e. The summed E-state index contributed by atoms with van der Waals surface area (Å²) >= 11 is 6.56. The summed E-state index contributed by atoms with van der Waals surface area (Å²) in [4.78, 5) is 11.3. The van der Waals surface area contributed by atoms with Crippen molar-refractivity contribution in [2.45, 2.75) is 37.0 Å². The van der Waals surface area contributed by atoms with Gasteiger partial charge in [0.2, 0.25) is 10.0 Å². The van der Waals surface area contributed by atoms with Crippen molar-refractivity contribution in [3.8, 4) is 5.75 Å². The van der Waals surface area contributed by atoms with Crippen LogP contribution >= 0.6 is 11.6 Å². The monoisotopic (exact) mass is 628 g/mol. The molecule has 44 heavy (non-hydrogen) atoms. The smallest absolute Gasteiger partial charge is 0.335 e. The number of ether oxygens (including phenoxy) is 1. The first kappa shape index (κ1) is 29.9. The molecular weight excluding hydrogens is 596 g/mol. The lowest BCUT2D eigenvalue weighted by molar-refractivity contribution is 0.0697. The van der Waals surface area contributed by atoms with Gasteiger partial charge in [-0.15, -0.1) is 0 Å². The van der Waals surface area contributed by atoms with Crippen LogP contribution in [-0.4, -0.2) is 42.5 Å². The summed E-state index contributed by atoms with van der Waals surface area (Å²) < 4.78 is 36.7. The van der Waals surface area contributed by atoms with Gasteiger partial charge in [0.1, 0.15) is 5.75 Å². The van der Waals surface area contributed by atoms with Gasteiger partial charge in [0.05, 0.1) is 23.5 Å². The van der Waals surface area contributed by atoms with Crippen LogP contribution in [0.1, 0.15) is 51.6 Å². The topological polar surface area (TPSA) is 97.6 Å². The summed E-state index contributed by atoms with van der Waals surface area (Å²) in [5.41, 5.74) is 5.43. The van der Waals surface area contributed by atoms with Crippen molar-refractivity contribution in [1.29, 1.82) is 0 Å². The maximum absolute atomic E-state index is 12.7. The van der Waals surface area contributed by atoms with Gasteiger partial charge >= 0.3 is 5.97 Å². The van der Waals surface area contributed by atoms with Crippen LogP contribution in [0.5, 0.6) is 5.75 Å². The van der Waals surface area contributed by atoms with Gasteiger partial charge in [0, 0.05) is 41.0 Å². The lowest BCUT2D eigenvalue weighted by atomic mass is 9.97. The summed E-state index contributed by atoms with van der Waals surface area (Å²) in [6.07, 6.45) is 2.41. The van der Waals surface area contributed by atoms with Crippen LogP contribution in [0, 0.1) is 0 Å². The minimum atomic E-state index is -3.35. The van der Waals surface area contributed by atoms with E-state index < -0.39 is 16.0 Å². The van der Waals surface area contributed by atoms with Crippen molar-refractivity contribution in [2.24, 2.45) is 0 Å². The zero-order valence-electron chi connectivity index (χ0n) is 24.0. The Kier molecular flexibility index (Phi) is 8.75. The Hall–Kier alpha value is -4.11. The molecule has 0 saturated heterocycles. The normalized spacial score (nSPS) is 13.4. The maximum Gasteiger partial charge on any atom is 0.335 e. The summed E-state index contributed by atoms with van der Waals surface area (Å²) in [5.74, 6) is -0.420. The van der Waals surface area contributed by atoms with E-state index in [1.165, 1.54) is 12.1 Å². The number of halogens is 1. The first-order chi connectivity index (χ1) is 21.3. The van der Waals surface area contributed by atoms with Crippen LogP contribution in [0.25, 0.3) is 10.9 Å². The first-order valence-electron chi connectivity index (χ1n) is 14.7. The number of rotatable bonds is 13. The average molecular weight is 629 g/mol. The molecule has 0 spiro atoms. The molecule has 0 amide bonds. The van der Waals surface area contributed by atoms with Crippen LogP contribution in [0.3, 0.4) is 0 Å². The third kappa shape index (κ3) is 6.53. The molecule has 1 fully saturated rings. The summed E-state index contributed by atoms with van der Waals surface area (Å²) in [7, 11) is -3.35. The molecule has 0 atom stereocenters. The number of hydrogen-bond acceptors (Lipinski definition) is 4. The Balaban J connectivity index is 1.43. The molecule has 0 aliphatic heterocycles. The van der Waals surface area contributed by atoms with Gasteiger partial charge in [-0.25, -0.2) is 17.9 Å².